The summed E-state index contributed by atoms with van der Waals surface area (Å²) in [6.07, 6.45) is 10.8. The molecule has 0 aromatic rings. The van der Waals surface area contributed by atoms with Crippen molar-refractivity contribution < 1.29 is 9.47 Å². The largest absolute Gasteiger partial charge is 0.379 e. The molecule has 0 aromatic heterocycles. The molecule has 1 atom stereocenters. The smallest absolute Gasteiger partial charge is 0.0809 e. The SMILES string of the molecule is CCC1CCC(NCCCOCC2CCCO2)CC1. The Labute approximate surface area is 118 Å². The lowest BCUT2D eigenvalue weighted by molar-refractivity contribution is 0.0164. The van der Waals surface area contributed by atoms with Gasteiger partial charge in [-0.1, -0.05) is 13.3 Å². The van der Waals surface area contributed by atoms with Crippen LogP contribution in [0.15, 0.2) is 0 Å². The van der Waals surface area contributed by atoms with E-state index in [1.807, 2.05) is 0 Å². The average molecular weight is 269 g/mol. The zero-order chi connectivity index (χ0) is 13.3. The normalized spacial score (nSPS) is 31.7. The van der Waals surface area contributed by atoms with Crippen molar-refractivity contribution >= 4 is 0 Å². The molecule has 2 aliphatic rings. The number of nitrogens with one attached hydrogen (secondary N) is 1. The zero-order valence-corrected chi connectivity index (χ0v) is 12.5. The third-order valence-electron chi connectivity index (χ3n) is 4.65. The fraction of sp³-hybridized carbons (Fsp3) is 1.00. The van der Waals surface area contributed by atoms with Crippen molar-refractivity contribution in [3.8, 4) is 0 Å². The molecule has 1 N–H and O–H groups in total. The standard InChI is InChI=1S/C16H31NO2/c1-2-14-6-8-15(9-7-14)17-10-4-11-18-13-16-5-3-12-19-16/h14-17H,2-13H2,1H3. The second-order valence-corrected chi connectivity index (χ2v) is 6.14. The molecule has 3 heteroatoms. The van der Waals surface area contributed by atoms with E-state index in [0.29, 0.717) is 6.10 Å². The Morgan fingerprint density at radius 1 is 1.16 bits per heavy atom. The highest BCUT2D eigenvalue weighted by molar-refractivity contribution is 4.76. The van der Waals surface area contributed by atoms with Gasteiger partial charge in [0.05, 0.1) is 12.7 Å². The fourth-order valence-corrected chi connectivity index (χ4v) is 3.25. The van der Waals surface area contributed by atoms with Crippen molar-refractivity contribution in [1.82, 2.24) is 5.32 Å². The van der Waals surface area contributed by atoms with Crippen molar-refractivity contribution in [2.24, 2.45) is 5.92 Å². The van der Waals surface area contributed by atoms with Crippen molar-refractivity contribution in [1.29, 1.82) is 0 Å². The maximum atomic E-state index is 5.68. The fourth-order valence-electron chi connectivity index (χ4n) is 3.25. The van der Waals surface area contributed by atoms with Crippen LogP contribution in [0.1, 0.15) is 58.3 Å². The Bertz CT molecular complexity index is 221. The Morgan fingerprint density at radius 3 is 2.68 bits per heavy atom. The lowest BCUT2D eigenvalue weighted by Gasteiger charge is -2.28. The van der Waals surface area contributed by atoms with Gasteiger partial charge in [0.25, 0.3) is 0 Å². The molecule has 0 amide bonds. The number of hydrogen-bond donors (Lipinski definition) is 1. The molecular weight excluding hydrogens is 238 g/mol. The Morgan fingerprint density at radius 2 is 2.00 bits per heavy atom. The van der Waals surface area contributed by atoms with Crippen LogP contribution < -0.4 is 5.32 Å². The van der Waals surface area contributed by atoms with Crippen LogP contribution in [0.25, 0.3) is 0 Å². The van der Waals surface area contributed by atoms with E-state index in [1.165, 1.54) is 44.9 Å². The van der Waals surface area contributed by atoms with E-state index in [0.717, 1.165) is 44.7 Å². The molecule has 1 saturated carbocycles. The molecular formula is C16H31NO2. The summed E-state index contributed by atoms with van der Waals surface area (Å²) in [5, 5.41) is 3.68. The third kappa shape index (κ3) is 5.80. The van der Waals surface area contributed by atoms with Gasteiger partial charge < -0.3 is 14.8 Å². The van der Waals surface area contributed by atoms with Crippen molar-refractivity contribution in [2.45, 2.75) is 70.4 Å². The van der Waals surface area contributed by atoms with Crippen molar-refractivity contribution in [3.63, 3.8) is 0 Å². The summed E-state index contributed by atoms with van der Waals surface area (Å²) >= 11 is 0. The van der Waals surface area contributed by atoms with Gasteiger partial charge in [0, 0.05) is 19.3 Å². The Balaban J connectivity index is 1.39. The third-order valence-corrected chi connectivity index (χ3v) is 4.65. The first-order valence-electron chi connectivity index (χ1n) is 8.31. The van der Waals surface area contributed by atoms with Crippen molar-refractivity contribution in [2.75, 3.05) is 26.4 Å². The quantitative estimate of drug-likeness (QED) is 0.687. The van der Waals surface area contributed by atoms with E-state index in [9.17, 15) is 0 Å². The number of hydrogen-bond acceptors (Lipinski definition) is 3. The second kappa shape index (κ2) is 8.93. The summed E-state index contributed by atoms with van der Waals surface area (Å²) < 4.78 is 11.2. The molecule has 2 rings (SSSR count). The van der Waals surface area contributed by atoms with Gasteiger partial charge in [0.15, 0.2) is 0 Å². The first-order valence-corrected chi connectivity index (χ1v) is 8.31. The highest BCUT2D eigenvalue weighted by atomic mass is 16.5. The first kappa shape index (κ1) is 15.3. The van der Waals surface area contributed by atoms with E-state index < -0.39 is 0 Å². The Kier molecular flexibility index (Phi) is 7.18. The molecule has 3 nitrogen and oxygen atoms in total. The molecule has 0 spiro atoms. The van der Waals surface area contributed by atoms with Crippen LogP contribution in [0.5, 0.6) is 0 Å². The molecule has 1 saturated heterocycles. The second-order valence-electron chi connectivity index (χ2n) is 6.14. The van der Waals surface area contributed by atoms with Crippen LogP contribution in [0.2, 0.25) is 0 Å². The summed E-state index contributed by atoms with van der Waals surface area (Å²) in [5.41, 5.74) is 0. The van der Waals surface area contributed by atoms with Gasteiger partial charge in [-0.25, -0.2) is 0 Å². The van der Waals surface area contributed by atoms with Gasteiger partial charge in [-0.05, 0) is 57.4 Å². The Hall–Kier alpha value is -0.120. The van der Waals surface area contributed by atoms with Crippen LogP contribution in [0.4, 0.5) is 0 Å². The van der Waals surface area contributed by atoms with Crippen LogP contribution >= 0.6 is 0 Å². The minimum atomic E-state index is 0.372. The van der Waals surface area contributed by atoms with Crippen LogP contribution in [-0.2, 0) is 9.47 Å². The molecule has 0 aromatic carbocycles. The highest BCUT2D eigenvalue weighted by Gasteiger charge is 2.19. The van der Waals surface area contributed by atoms with Gasteiger partial charge in [0.2, 0.25) is 0 Å². The van der Waals surface area contributed by atoms with E-state index in [4.69, 9.17) is 9.47 Å². The predicted molar refractivity (Wildman–Crippen MR) is 78.4 cm³/mol. The molecule has 1 heterocycles. The number of ether oxygens (including phenoxy) is 2. The summed E-state index contributed by atoms with van der Waals surface area (Å²) in [5.74, 6) is 0.993. The van der Waals surface area contributed by atoms with Crippen LogP contribution in [0.3, 0.4) is 0 Å². The van der Waals surface area contributed by atoms with Crippen molar-refractivity contribution in [3.05, 3.63) is 0 Å². The first-order chi connectivity index (χ1) is 9.38. The summed E-state index contributed by atoms with van der Waals surface area (Å²) in [7, 11) is 0. The van der Waals surface area contributed by atoms with Gasteiger partial charge in [0.1, 0.15) is 0 Å². The topological polar surface area (TPSA) is 30.5 Å². The minimum Gasteiger partial charge on any atom is -0.379 e. The lowest BCUT2D eigenvalue weighted by Crippen LogP contribution is -2.34. The molecule has 2 fully saturated rings. The molecule has 0 radical (unpaired) electrons. The van der Waals surface area contributed by atoms with Gasteiger partial charge in [-0.2, -0.15) is 0 Å². The minimum absolute atomic E-state index is 0.372. The molecule has 19 heavy (non-hydrogen) atoms. The monoisotopic (exact) mass is 269 g/mol. The van der Waals surface area contributed by atoms with E-state index in [-0.39, 0.29) is 0 Å². The van der Waals surface area contributed by atoms with Gasteiger partial charge >= 0.3 is 0 Å². The highest BCUT2D eigenvalue weighted by Crippen LogP contribution is 2.26. The zero-order valence-electron chi connectivity index (χ0n) is 12.5. The maximum Gasteiger partial charge on any atom is 0.0809 e. The predicted octanol–water partition coefficient (Wildman–Crippen LogP) is 3.13. The molecule has 112 valence electrons. The molecule has 1 unspecified atom stereocenters. The van der Waals surface area contributed by atoms with E-state index >= 15 is 0 Å². The van der Waals surface area contributed by atoms with E-state index in [1.54, 1.807) is 0 Å². The van der Waals surface area contributed by atoms with E-state index in [2.05, 4.69) is 12.2 Å². The maximum absolute atomic E-state index is 5.68. The molecule has 1 aliphatic carbocycles. The average Bonchev–Trinajstić information content (AvgIpc) is 2.96. The lowest BCUT2D eigenvalue weighted by atomic mass is 9.84. The molecule has 1 aliphatic heterocycles. The summed E-state index contributed by atoms with van der Waals surface area (Å²) in [6, 6.07) is 0.765. The van der Waals surface area contributed by atoms with Crippen LogP contribution in [-0.4, -0.2) is 38.5 Å². The number of rotatable bonds is 8. The van der Waals surface area contributed by atoms with Gasteiger partial charge in [-0.3, -0.25) is 0 Å². The molecule has 0 bridgehead atoms. The van der Waals surface area contributed by atoms with Gasteiger partial charge in [-0.15, -0.1) is 0 Å². The summed E-state index contributed by atoms with van der Waals surface area (Å²) in [6.45, 7) is 6.02. The summed E-state index contributed by atoms with van der Waals surface area (Å²) in [4.78, 5) is 0. The van der Waals surface area contributed by atoms with Crippen LogP contribution in [0, 0.1) is 5.92 Å².